The first-order valence-corrected chi connectivity index (χ1v) is 25.9. The van der Waals surface area contributed by atoms with Gasteiger partial charge in [0, 0.05) is 42.7 Å². The molecule has 420 valence electrons. The molecule has 0 heterocycles. The van der Waals surface area contributed by atoms with E-state index >= 15 is 4.79 Å². The Kier molecular flexibility index (Phi) is 46.9. The molecule has 19 nitrogen and oxygen atoms in total. The van der Waals surface area contributed by atoms with Gasteiger partial charge in [0.1, 0.15) is 11.2 Å². The van der Waals surface area contributed by atoms with Gasteiger partial charge in [0.2, 0.25) is 0 Å². The largest absolute Gasteiger partial charge is 0.382 e. The highest BCUT2D eigenvalue weighted by Gasteiger charge is 2.69. The maximum atomic E-state index is 17.1. The van der Waals surface area contributed by atoms with Crippen molar-refractivity contribution in [3.05, 3.63) is 0 Å². The standard InChI is InChI=1S/C51H102O19/c1-11-13-15-17-19-21-48(3,65-41-35-59-29-23-53-5)50(67-43-37-61-31-25-55-7,68-44-38-62-32-26-56-8)47(52)51(69-45-39-63-33-27-57-9,70-46-40-64-34-28-58-10)49(4,22-20-18-16-14-12-2)66-42-36-60-30-24-54-6/h11-46H2,1-10H3. The van der Waals surface area contributed by atoms with Gasteiger partial charge in [-0.25, -0.2) is 0 Å². The molecule has 0 aliphatic heterocycles. The Balaban J connectivity index is 8.42. The molecule has 0 aromatic carbocycles. The third-order valence-corrected chi connectivity index (χ3v) is 11.5. The van der Waals surface area contributed by atoms with Crippen molar-refractivity contribution < 1.29 is 90.1 Å². The van der Waals surface area contributed by atoms with Crippen LogP contribution in [0.3, 0.4) is 0 Å². The van der Waals surface area contributed by atoms with Crippen LogP contribution in [0.25, 0.3) is 0 Å². The van der Waals surface area contributed by atoms with Crippen LogP contribution in [0.15, 0.2) is 0 Å². The lowest BCUT2D eigenvalue weighted by atomic mass is 9.76. The molecule has 0 N–H and O–H groups in total. The minimum absolute atomic E-state index is 0.0859. The summed E-state index contributed by atoms with van der Waals surface area (Å²) in [5, 5.41) is 0. The summed E-state index contributed by atoms with van der Waals surface area (Å²) in [4.78, 5) is 17.1. The Bertz CT molecular complexity index is 1010. The van der Waals surface area contributed by atoms with Crippen LogP contribution in [0.1, 0.15) is 105 Å². The lowest BCUT2D eigenvalue weighted by Crippen LogP contribution is -2.74. The van der Waals surface area contributed by atoms with E-state index in [-0.39, 0.29) is 79.3 Å². The van der Waals surface area contributed by atoms with Gasteiger partial charge in [-0.3, -0.25) is 4.79 Å². The average Bonchev–Trinajstić information content (AvgIpc) is 3.36. The number of carbonyl (C=O) groups is 1. The fraction of sp³-hybridized carbons (Fsp3) is 0.980. The molecule has 0 saturated carbocycles. The number of unbranched alkanes of at least 4 members (excludes halogenated alkanes) is 8. The summed E-state index contributed by atoms with van der Waals surface area (Å²) in [5.74, 6) is -5.21. The fourth-order valence-electron chi connectivity index (χ4n) is 7.54. The first-order chi connectivity index (χ1) is 34.1. The quantitative estimate of drug-likeness (QED) is 0.0491. The van der Waals surface area contributed by atoms with Crippen LogP contribution in [-0.4, -0.2) is 230 Å². The second-order valence-corrected chi connectivity index (χ2v) is 17.1. The zero-order valence-corrected chi connectivity index (χ0v) is 45.7. The van der Waals surface area contributed by atoms with Crippen LogP contribution in [0.5, 0.6) is 0 Å². The second-order valence-electron chi connectivity index (χ2n) is 17.1. The molecule has 70 heavy (non-hydrogen) atoms. The Morgan fingerprint density at radius 1 is 0.286 bits per heavy atom. The van der Waals surface area contributed by atoms with Gasteiger partial charge >= 0.3 is 0 Å². The highest BCUT2D eigenvalue weighted by atomic mass is 16.8. The number of hydrogen-bond donors (Lipinski definition) is 0. The van der Waals surface area contributed by atoms with E-state index in [0.717, 1.165) is 51.4 Å². The minimum Gasteiger partial charge on any atom is -0.382 e. The normalized spacial score (nSPS) is 14.1. The third-order valence-electron chi connectivity index (χ3n) is 11.5. The summed E-state index contributed by atoms with van der Waals surface area (Å²) in [6, 6.07) is 0. The van der Waals surface area contributed by atoms with Crippen molar-refractivity contribution in [2.75, 3.05) is 201 Å². The van der Waals surface area contributed by atoms with Gasteiger partial charge in [-0.1, -0.05) is 78.1 Å². The van der Waals surface area contributed by atoms with E-state index in [4.69, 9.17) is 85.3 Å². The van der Waals surface area contributed by atoms with Crippen molar-refractivity contribution in [2.45, 2.75) is 128 Å². The zero-order chi connectivity index (χ0) is 51.8. The van der Waals surface area contributed by atoms with Crippen molar-refractivity contribution >= 4 is 5.78 Å². The maximum absolute atomic E-state index is 17.1. The number of ketones is 1. The number of hydrogen-bond acceptors (Lipinski definition) is 19. The van der Waals surface area contributed by atoms with Crippen LogP contribution >= 0.6 is 0 Å². The van der Waals surface area contributed by atoms with Gasteiger partial charge in [0.05, 0.1) is 159 Å². The summed E-state index contributed by atoms with van der Waals surface area (Å²) in [6.45, 7) is 12.9. The molecule has 0 saturated heterocycles. The molecular weight excluding hydrogens is 917 g/mol. The second kappa shape index (κ2) is 47.6. The SMILES string of the molecule is CCCCCCCC(C)(OCCOCCOC)C(OCCOCCOC)(OCCOCCOC)C(=O)C(OCCOCCOC)(OCCOCCOC)C(C)(CCCCCCC)OCCOCCOC. The van der Waals surface area contributed by atoms with Gasteiger partial charge in [0.25, 0.3) is 17.4 Å². The van der Waals surface area contributed by atoms with E-state index < -0.39 is 28.6 Å². The Labute approximate surface area is 423 Å². The predicted molar refractivity (Wildman–Crippen MR) is 266 cm³/mol. The first-order valence-electron chi connectivity index (χ1n) is 25.9. The van der Waals surface area contributed by atoms with E-state index in [1.54, 1.807) is 42.7 Å². The molecule has 0 aromatic rings. The fourth-order valence-corrected chi connectivity index (χ4v) is 7.54. The molecule has 0 bridgehead atoms. The van der Waals surface area contributed by atoms with Crippen LogP contribution in [0.2, 0.25) is 0 Å². The van der Waals surface area contributed by atoms with Crippen LogP contribution in [-0.2, 0) is 90.1 Å². The Morgan fingerprint density at radius 2 is 0.500 bits per heavy atom. The summed E-state index contributed by atoms with van der Waals surface area (Å²) >= 11 is 0. The van der Waals surface area contributed by atoms with E-state index in [1.807, 2.05) is 13.8 Å². The monoisotopic (exact) mass is 1020 g/mol. The Hall–Kier alpha value is -1.05. The van der Waals surface area contributed by atoms with Gasteiger partial charge in [-0.15, -0.1) is 0 Å². The van der Waals surface area contributed by atoms with Crippen molar-refractivity contribution in [1.29, 1.82) is 0 Å². The molecule has 0 rings (SSSR count). The molecule has 0 fully saturated rings. The molecule has 0 aliphatic carbocycles. The molecule has 0 aromatic heterocycles. The van der Waals surface area contributed by atoms with Gasteiger partial charge in [-0.2, -0.15) is 0 Å². The van der Waals surface area contributed by atoms with Crippen LogP contribution in [0.4, 0.5) is 0 Å². The average molecular weight is 1020 g/mol. The maximum Gasteiger partial charge on any atom is 0.264 e. The molecule has 2 unspecified atom stereocenters. The van der Waals surface area contributed by atoms with E-state index in [1.165, 1.54) is 0 Å². The van der Waals surface area contributed by atoms with E-state index in [2.05, 4.69) is 13.8 Å². The molecule has 0 radical (unpaired) electrons. The third kappa shape index (κ3) is 29.7. The summed E-state index contributed by atoms with van der Waals surface area (Å²) < 4.78 is 109. The van der Waals surface area contributed by atoms with Gasteiger partial charge in [-0.05, 0) is 26.7 Å². The number of Topliss-reactive ketones (excluding diaryl/α,β-unsaturated/α-hetero) is 1. The van der Waals surface area contributed by atoms with E-state index in [9.17, 15) is 0 Å². The highest BCUT2D eigenvalue weighted by molar-refractivity contribution is 5.95. The molecular formula is C51H102O19. The first kappa shape index (κ1) is 69.0. The van der Waals surface area contributed by atoms with Crippen LogP contribution in [0, 0.1) is 0 Å². The van der Waals surface area contributed by atoms with Crippen molar-refractivity contribution in [1.82, 2.24) is 0 Å². The van der Waals surface area contributed by atoms with Gasteiger partial charge in [0.15, 0.2) is 0 Å². The lowest BCUT2D eigenvalue weighted by molar-refractivity contribution is -0.359. The lowest BCUT2D eigenvalue weighted by Gasteiger charge is -2.53. The summed E-state index contributed by atoms with van der Waals surface area (Å²) in [7, 11) is 9.66. The number of ether oxygens (including phenoxy) is 18. The Morgan fingerprint density at radius 3 is 0.729 bits per heavy atom. The molecule has 19 heteroatoms. The summed E-state index contributed by atoms with van der Waals surface area (Å²) in [5.41, 5.74) is -3.01. The van der Waals surface area contributed by atoms with Crippen molar-refractivity contribution in [3.63, 3.8) is 0 Å². The van der Waals surface area contributed by atoms with E-state index in [0.29, 0.717) is 105 Å². The van der Waals surface area contributed by atoms with Crippen LogP contribution < -0.4 is 0 Å². The molecule has 0 spiro atoms. The molecule has 0 aliphatic rings. The molecule has 0 amide bonds. The van der Waals surface area contributed by atoms with Crippen molar-refractivity contribution in [3.8, 4) is 0 Å². The number of carbonyl (C=O) groups excluding carboxylic acids is 1. The predicted octanol–water partition coefficient (Wildman–Crippen LogP) is 6.26. The van der Waals surface area contributed by atoms with Gasteiger partial charge < -0.3 is 85.3 Å². The number of methoxy groups -OCH3 is 6. The smallest absolute Gasteiger partial charge is 0.264 e. The molecule has 2 atom stereocenters. The van der Waals surface area contributed by atoms with Crippen molar-refractivity contribution in [2.24, 2.45) is 0 Å². The highest BCUT2D eigenvalue weighted by Crippen LogP contribution is 2.46. The zero-order valence-electron chi connectivity index (χ0n) is 45.7. The minimum atomic E-state index is -2.25. The topological polar surface area (TPSA) is 183 Å². The summed E-state index contributed by atoms with van der Waals surface area (Å²) in [6.07, 6.45) is 10.0. The number of rotatable bonds is 58.